The van der Waals surface area contributed by atoms with Crippen molar-refractivity contribution in [2.24, 2.45) is 5.92 Å². The van der Waals surface area contributed by atoms with Crippen LogP contribution in [0.3, 0.4) is 0 Å². The first-order valence-electron chi connectivity index (χ1n) is 5.85. The van der Waals surface area contributed by atoms with Crippen molar-refractivity contribution in [1.29, 1.82) is 0 Å². The number of aliphatic hydroxyl groups is 1. The number of rotatable bonds is 5. The molecule has 1 atom stereocenters. The topological polar surface area (TPSA) is 66.4 Å². The number of aliphatic hydroxyl groups excluding tert-OH is 1. The van der Waals surface area contributed by atoms with Gasteiger partial charge in [-0.15, -0.1) is 11.3 Å². The van der Waals surface area contributed by atoms with Crippen LogP contribution in [-0.2, 0) is 16.6 Å². The molecule has 1 aromatic rings. The second-order valence-electron chi connectivity index (χ2n) is 4.61. The van der Waals surface area contributed by atoms with Crippen LogP contribution in [0.25, 0.3) is 0 Å². The van der Waals surface area contributed by atoms with Gasteiger partial charge in [0.15, 0.2) is 0 Å². The Kier molecular flexibility index (Phi) is 4.48. The molecule has 2 rings (SSSR count). The third-order valence-corrected chi connectivity index (χ3v) is 7.15. The Hall–Kier alpha value is 0.0500. The standard InChI is InChI=1S/C11H16BrNO3S2/c1-7(8-3-2-4-8)13-18(15,16)10-5-9(6-14)17-11(10)12/h5,7-8,13-14H,2-4,6H2,1H3. The third kappa shape index (κ3) is 2.96. The fraction of sp³-hybridized carbons (Fsp3) is 0.636. The molecule has 1 heterocycles. The van der Waals surface area contributed by atoms with E-state index in [1.807, 2.05) is 6.92 Å². The summed E-state index contributed by atoms with van der Waals surface area (Å²) in [5.41, 5.74) is 0. The molecule has 0 saturated heterocycles. The van der Waals surface area contributed by atoms with Crippen molar-refractivity contribution in [3.05, 3.63) is 14.7 Å². The van der Waals surface area contributed by atoms with E-state index in [9.17, 15) is 8.42 Å². The predicted octanol–water partition coefficient (Wildman–Crippen LogP) is 2.47. The highest BCUT2D eigenvalue weighted by Crippen LogP contribution is 2.33. The van der Waals surface area contributed by atoms with E-state index in [2.05, 4.69) is 20.7 Å². The normalized spacial score (nSPS) is 18.6. The highest BCUT2D eigenvalue weighted by atomic mass is 79.9. The molecule has 0 radical (unpaired) electrons. The molecule has 1 saturated carbocycles. The summed E-state index contributed by atoms with van der Waals surface area (Å²) < 4.78 is 27.7. The van der Waals surface area contributed by atoms with Gasteiger partial charge in [-0.25, -0.2) is 13.1 Å². The van der Waals surface area contributed by atoms with E-state index in [0.29, 0.717) is 14.6 Å². The van der Waals surface area contributed by atoms with E-state index in [-0.39, 0.29) is 17.5 Å². The van der Waals surface area contributed by atoms with Gasteiger partial charge in [0, 0.05) is 10.9 Å². The first kappa shape index (κ1) is 14.5. The summed E-state index contributed by atoms with van der Waals surface area (Å²) >= 11 is 4.48. The lowest BCUT2D eigenvalue weighted by Crippen LogP contribution is -2.40. The Morgan fingerprint density at radius 3 is 2.72 bits per heavy atom. The van der Waals surface area contributed by atoms with Crippen molar-refractivity contribution >= 4 is 37.3 Å². The van der Waals surface area contributed by atoms with Gasteiger partial charge < -0.3 is 5.11 Å². The summed E-state index contributed by atoms with van der Waals surface area (Å²) in [5, 5.41) is 9.03. The molecule has 4 nitrogen and oxygen atoms in total. The molecule has 1 fully saturated rings. The van der Waals surface area contributed by atoms with E-state index in [0.717, 1.165) is 12.8 Å². The smallest absolute Gasteiger partial charge is 0.242 e. The number of nitrogens with one attached hydrogen (secondary N) is 1. The van der Waals surface area contributed by atoms with Gasteiger partial charge in [0.05, 0.1) is 10.4 Å². The molecule has 0 aromatic carbocycles. The van der Waals surface area contributed by atoms with Crippen molar-refractivity contribution in [1.82, 2.24) is 4.72 Å². The maximum absolute atomic E-state index is 12.2. The molecule has 0 bridgehead atoms. The van der Waals surface area contributed by atoms with E-state index in [4.69, 9.17) is 5.11 Å². The number of halogens is 1. The van der Waals surface area contributed by atoms with Gasteiger partial charge in [0.2, 0.25) is 10.0 Å². The molecular formula is C11H16BrNO3S2. The van der Waals surface area contributed by atoms with Gasteiger partial charge in [0.1, 0.15) is 4.90 Å². The third-order valence-electron chi connectivity index (χ3n) is 3.35. The van der Waals surface area contributed by atoms with Crippen LogP contribution in [0.2, 0.25) is 0 Å². The number of hydrogen-bond donors (Lipinski definition) is 2. The van der Waals surface area contributed by atoms with E-state index < -0.39 is 10.0 Å². The fourth-order valence-electron chi connectivity index (χ4n) is 2.00. The molecule has 1 unspecified atom stereocenters. The molecule has 0 amide bonds. The Labute approximate surface area is 120 Å². The van der Waals surface area contributed by atoms with Crippen molar-refractivity contribution in [2.45, 2.75) is 43.7 Å². The average molecular weight is 354 g/mol. The van der Waals surface area contributed by atoms with Gasteiger partial charge in [-0.2, -0.15) is 0 Å². The Morgan fingerprint density at radius 2 is 2.28 bits per heavy atom. The summed E-state index contributed by atoms with van der Waals surface area (Å²) in [4.78, 5) is 0.862. The molecule has 2 N–H and O–H groups in total. The van der Waals surface area contributed by atoms with Crippen molar-refractivity contribution in [3.8, 4) is 0 Å². The molecule has 102 valence electrons. The molecule has 1 aliphatic carbocycles. The predicted molar refractivity (Wildman–Crippen MR) is 75.1 cm³/mol. The largest absolute Gasteiger partial charge is 0.391 e. The maximum Gasteiger partial charge on any atom is 0.242 e. The average Bonchev–Trinajstić information content (AvgIpc) is 2.56. The molecule has 7 heteroatoms. The quantitative estimate of drug-likeness (QED) is 0.854. The van der Waals surface area contributed by atoms with Crippen LogP contribution in [-0.4, -0.2) is 19.6 Å². The number of sulfonamides is 1. The van der Waals surface area contributed by atoms with Gasteiger partial charge in [-0.3, -0.25) is 0 Å². The van der Waals surface area contributed by atoms with Crippen molar-refractivity contribution in [2.75, 3.05) is 0 Å². The summed E-state index contributed by atoms with van der Waals surface area (Å²) in [6.07, 6.45) is 3.38. The van der Waals surface area contributed by atoms with Crippen LogP contribution in [0.1, 0.15) is 31.1 Å². The van der Waals surface area contributed by atoms with E-state index in [1.165, 1.54) is 23.8 Å². The summed E-state index contributed by atoms with van der Waals surface area (Å²) in [6.45, 7) is 1.77. The molecule has 18 heavy (non-hydrogen) atoms. The molecule has 0 spiro atoms. The second-order valence-corrected chi connectivity index (χ2v) is 8.75. The lowest BCUT2D eigenvalue weighted by molar-refractivity contribution is 0.260. The van der Waals surface area contributed by atoms with Crippen LogP contribution in [0, 0.1) is 5.92 Å². The Balaban J connectivity index is 2.16. The summed E-state index contributed by atoms with van der Waals surface area (Å²) in [5.74, 6) is 0.453. The molecule has 1 aromatic heterocycles. The maximum atomic E-state index is 12.2. The highest BCUT2D eigenvalue weighted by molar-refractivity contribution is 9.11. The van der Waals surface area contributed by atoms with Gasteiger partial charge in [-0.1, -0.05) is 6.42 Å². The minimum atomic E-state index is -3.50. The van der Waals surface area contributed by atoms with Crippen LogP contribution in [0.15, 0.2) is 14.7 Å². The fourth-order valence-corrected chi connectivity index (χ4v) is 5.86. The van der Waals surface area contributed by atoms with E-state index in [1.54, 1.807) is 0 Å². The minimum absolute atomic E-state index is 0.0341. The van der Waals surface area contributed by atoms with Crippen LogP contribution in [0.5, 0.6) is 0 Å². The molecule has 0 aliphatic heterocycles. The Morgan fingerprint density at radius 1 is 1.61 bits per heavy atom. The first-order chi connectivity index (χ1) is 8.44. The first-order valence-corrected chi connectivity index (χ1v) is 8.94. The molecular weight excluding hydrogens is 338 g/mol. The lowest BCUT2D eigenvalue weighted by atomic mass is 9.81. The van der Waals surface area contributed by atoms with Gasteiger partial charge in [-0.05, 0) is 47.7 Å². The van der Waals surface area contributed by atoms with Crippen molar-refractivity contribution < 1.29 is 13.5 Å². The second kappa shape index (κ2) is 5.58. The highest BCUT2D eigenvalue weighted by Gasteiger charge is 2.29. The zero-order valence-electron chi connectivity index (χ0n) is 10.0. The van der Waals surface area contributed by atoms with Gasteiger partial charge >= 0.3 is 0 Å². The van der Waals surface area contributed by atoms with Crippen molar-refractivity contribution in [3.63, 3.8) is 0 Å². The number of thiophene rings is 1. The van der Waals surface area contributed by atoms with Crippen LogP contribution in [0.4, 0.5) is 0 Å². The molecule has 1 aliphatic rings. The monoisotopic (exact) mass is 353 g/mol. The van der Waals surface area contributed by atoms with Crippen LogP contribution < -0.4 is 4.72 Å². The Bertz CT molecular complexity index is 522. The minimum Gasteiger partial charge on any atom is -0.391 e. The number of hydrogen-bond acceptors (Lipinski definition) is 4. The zero-order valence-corrected chi connectivity index (χ0v) is 13.2. The SMILES string of the molecule is CC(NS(=O)(=O)c1cc(CO)sc1Br)C1CCC1. The van der Waals surface area contributed by atoms with Crippen LogP contribution >= 0.6 is 27.3 Å². The van der Waals surface area contributed by atoms with Gasteiger partial charge in [0.25, 0.3) is 0 Å². The summed E-state index contributed by atoms with van der Waals surface area (Å²) in [7, 11) is -3.50. The lowest BCUT2D eigenvalue weighted by Gasteiger charge is -2.31. The summed E-state index contributed by atoms with van der Waals surface area (Å²) in [6, 6.07) is 1.48. The van der Waals surface area contributed by atoms with E-state index >= 15 is 0 Å². The zero-order chi connectivity index (χ0) is 13.3.